The third-order valence-corrected chi connectivity index (χ3v) is 3.91. The number of hydrogen-bond donors (Lipinski definition) is 2. The van der Waals surface area contributed by atoms with Gasteiger partial charge in [-0.3, -0.25) is 0 Å². The van der Waals surface area contributed by atoms with E-state index < -0.39 is 0 Å². The van der Waals surface area contributed by atoms with Gasteiger partial charge in [0.1, 0.15) is 0 Å². The monoisotopic (exact) mass is 284 g/mol. The van der Waals surface area contributed by atoms with Crippen molar-refractivity contribution in [3.05, 3.63) is 70.9 Å². The molecular formula is C17H17ClN2. The summed E-state index contributed by atoms with van der Waals surface area (Å²) in [5.41, 5.74) is 3.74. The van der Waals surface area contributed by atoms with Crippen molar-refractivity contribution in [1.29, 1.82) is 0 Å². The highest BCUT2D eigenvalue weighted by atomic mass is 35.5. The molecule has 20 heavy (non-hydrogen) atoms. The zero-order valence-electron chi connectivity index (χ0n) is 11.4. The van der Waals surface area contributed by atoms with Crippen LogP contribution in [-0.2, 0) is 6.54 Å². The molecule has 1 aromatic heterocycles. The summed E-state index contributed by atoms with van der Waals surface area (Å²) < 4.78 is 0. The van der Waals surface area contributed by atoms with Crippen molar-refractivity contribution >= 4 is 22.5 Å². The van der Waals surface area contributed by atoms with Gasteiger partial charge in [-0.1, -0.05) is 35.9 Å². The minimum atomic E-state index is 0.293. The van der Waals surface area contributed by atoms with Crippen molar-refractivity contribution in [1.82, 2.24) is 10.3 Å². The minimum Gasteiger partial charge on any atom is -0.361 e. The summed E-state index contributed by atoms with van der Waals surface area (Å²) >= 11 is 5.92. The summed E-state index contributed by atoms with van der Waals surface area (Å²) in [7, 11) is 0. The number of nitrogens with one attached hydrogen (secondary N) is 2. The van der Waals surface area contributed by atoms with Crippen LogP contribution in [0.5, 0.6) is 0 Å². The van der Waals surface area contributed by atoms with Crippen molar-refractivity contribution in [2.24, 2.45) is 0 Å². The molecule has 2 nitrogen and oxygen atoms in total. The van der Waals surface area contributed by atoms with E-state index in [4.69, 9.17) is 11.6 Å². The topological polar surface area (TPSA) is 27.8 Å². The summed E-state index contributed by atoms with van der Waals surface area (Å²) in [6, 6.07) is 16.8. The van der Waals surface area contributed by atoms with Gasteiger partial charge in [0.15, 0.2) is 0 Å². The largest absolute Gasteiger partial charge is 0.361 e. The molecule has 1 heterocycles. The van der Waals surface area contributed by atoms with Crippen LogP contribution in [0.3, 0.4) is 0 Å². The van der Waals surface area contributed by atoms with Gasteiger partial charge in [-0.25, -0.2) is 0 Å². The van der Waals surface area contributed by atoms with Crippen LogP contribution < -0.4 is 5.32 Å². The molecule has 1 atom stereocenters. The van der Waals surface area contributed by atoms with E-state index in [9.17, 15) is 0 Å². The Morgan fingerprint density at radius 2 is 1.90 bits per heavy atom. The van der Waals surface area contributed by atoms with Gasteiger partial charge in [-0.2, -0.15) is 0 Å². The van der Waals surface area contributed by atoms with E-state index >= 15 is 0 Å². The second-order valence-corrected chi connectivity index (χ2v) is 5.45. The van der Waals surface area contributed by atoms with Crippen LogP contribution in [-0.4, -0.2) is 4.98 Å². The first-order valence-electron chi connectivity index (χ1n) is 6.78. The zero-order valence-corrected chi connectivity index (χ0v) is 12.1. The maximum atomic E-state index is 5.92. The number of rotatable bonds is 4. The third-order valence-electron chi connectivity index (χ3n) is 3.65. The molecule has 0 radical (unpaired) electrons. The van der Waals surface area contributed by atoms with Gasteiger partial charge in [0, 0.05) is 34.7 Å². The molecule has 0 fully saturated rings. The predicted molar refractivity (Wildman–Crippen MR) is 85.0 cm³/mol. The van der Waals surface area contributed by atoms with Crippen LogP contribution >= 0.6 is 11.6 Å². The lowest BCUT2D eigenvalue weighted by molar-refractivity contribution is 0.576. The summed E-state index contributed by atoms with van der Waals surface area (Å²) in [4.78, 5) is 3.24. The number of aromatic nitrogens is 1. The number of aromatic amines is 1. The van der Waals surface area contributed by atoms with Crippen LogP contribution in [0, 0.1) is 0 Å². The highest BCUT2D eigenvalue weighted by Gasteiger charge is 2.06. The number of hydrogen-bond acceptors (Lipinski definition) is 1. The zero-order chi connectivity index (χ0) is 13.9. The number of H-pyrrole nitrogens is 1. The molecule has 3 heteroatoms. The Morgan fingerprint density at radius 1 is 1.10 bits per heavy atom. The van der Waals surface area contributed by atoms with E-state index in [0.717, 1.165) is 11.6 Å². The molecule has 2 aromatic carbocycles. The van der Waals surface area contributed by atoms with E-state index in [-0.39, 0.29) is 0 Å². The second-order valence-electron chi connectivity index (χ2n) is 5.01. The van der Waals surface area contributed by atoms with Crippen LogP contribution in [0.25, 0.3) is 10.9 Å². The highest BCUT2D eigenvalue weighted by molar-refractivity contribution is 6.30. The smallest absolute Gasteiger partial charge is 0.0457 e. The Hall–Kier alpha value is -1.77. The predicted octanol–water partition coefficient (Wildman–Crippen LogP) is 4.67. The number of halogens is 1. The van der Waals surface area contributed by atoms with Crippen LogP contribution in [0.1, 0.15) is 24.1 Å². The summed E-state index contributed by atoms with van der Waals surface area (Å²) in [5, 5.41) is 5.62. The van der Waals surface area contributed by atoms with Gasteiger partial charge in [0.05, 0.1) is 0 Å². The number of benzene rings is 2. The maximum absolute atomic E-state index is 5.92. The van der Waals surface area contributed by atoms with Crippen molar-refractivity contribution in [2.45, 2.75) is 19.5 Å². The first-order valence-corrected chi connectivity index (χ1v) is 7.15. The molecule has 0 aliphatic heterocycles. The molecule has 0 aliphatic carbocycles. The lowest BCUT2D eigenvalue weighted by atomic mass is 10.1. The number of fused-ring (bicyclic) bond motifs is 1. The molecule has 0 amide bonds. The Labute approximate surface area is 123 Å². The van der Waals surface area contributed by atoms with Gasteiger partial charge >= 0.3 is 0 Å². The second kappa shape index (κ2) is 5.70. The first-order chi connectivity index (χ1) is 9.74. The molecule has 1 unspecified atom stereocenters. The molecule has 102 valence electrons. The average molecular weight is 285 g/mol. The van der Waals surface area contributed by atoms with Crippen molar-refractivity contribution in [2.75, 3.05) is 0 Å². The standard InChI is InChI=1S/C17H17ClN2/c1-12(13-5-7-15(18)8-6-13)20-11-14-3-2-4-17-16(14)9-10-19-17/h2-10,12,19-20H,11H2,1H3. The van der Waals surface area contributed by atoms with E-state index in [1.807, 2.05) is 18.3 Å². The van der Waals surface area contributed by atoms with E-state index in [2.05, 4.69) is 53.6 Å². The summed E-state index contributed by atoms with van der Waals surface area (Å²) in [6.45, 7) is 3.01. The Balaban J connectivity index is 1.73. The summed E-state index contributed by atoms with van der Waals surface area (Å²) in [6.07, 6.45) is 1.98. The Morgan fingerprint density at radius 3 is 2.70 bits per heavy atom. The van der Waals surface area contributed by atoms with Gasteiger partial charge in [0.25, 0.3) is 0 Å². The first kappa shape index (κ1) is 13.2. The quantitative estimate of drug-likeness (QED) is 0.716. The molecule has 2 N–H and O–H groups in total. The van der Waals surface area contributed by atoms with E-state index in [1.165, 1.54) is 22.0 Å². The highest BCUT2D eigenvalue weighted by Crippen LogP contribution is 2.20. The normalized spacial score (nSPS) is 12.7. The van der Waals surface area contributed by atoms with Gasteiger partial charge in [-0.15, -0.1) is 0 Å². The molecule has 0 saturated carbocycles. The molecule has 0 saturated heterocycles. The van der Waals surface area contributed by atoms with Crippen LogP contribution in [0.4, 0.5) is 0 Å². The van der Waals surface area contributed by atoms with Gasteiger partial charge in [0.2, 0.25) is 0 Å². The summed E-state index contributed by atoms with van der Waals surface area (Å²) in [5.74, 6) is 0. The lowest BCUT2D eigenvalue weighted by Gasteiger charge is -2.15. The van der Waals surface area contributed by atoms with Gasteiger partial charge < -0.3 is 10.3 Å². The minimum absolute atomic E-state index is 0.293. The van der Waals surface area contributed by atoms with Crippen molar-refractivity contribution < 1.29 is 0 Å². The van der Waals surface area contributed by atoms with Crippen LogP contribution in [0.15, 0.2) is 54.7 Å². The van der Waals surface area contributed by atoms with Gasteiger partial charge in [-0.05, 0) is 42.3 Å². The van der Waals surface area contributed by atoms with Crippen molar-refractivity contribution in [3.8, 4) is 0 Å². The van der Waals surface area contributed by atoms with Crippen LogP contribution in [0.2, 0.25) is 5.02 Å². The molecule has 3 rings (SSSR count). The Bertz CT molecular complexity index is 700. The third kappa shape index (κ3) is 2.72. The molecule has 3 aromatic rings. The van der Waals surface area contributed by atoms with E-state index in [0.29, 0.717) is 6.04 Å². The van der Waals surface area contributed by atoms with E-state index in [1.54, 1.807) is 0 Å². The molecular weight excluding hydrogens is 268 g/mol. The fourth-order valence-corrected chi connectivity index (χ4v) is 2.56. The molecule has 0 spiro atoms. The fourth-order valence-electron chi connectivity index (χ4n) is 2.44. The Kier molecular flexibility index (Phi) is 3.77. The van der Waals surface area contributed by atoms with Crippen molar-refractivity contribution in [3.63, 3.8) is 0 Å². The average Bonchev–Trinajstić information content (AvgIpc) is 2.94. The maximum Gasteiger partial charge on any atom is 0.0457 e. The SMILES string of the molecule is CC(NCc1cccc2[nH]ccc12)c1ccc(Cl)cc1. The fraction of sp³-hybridized carbons (Fsp3) is 0.176. The molecule has 0 bridgehead atoms. The lowest BCUT2D eigenvalue weighted by Crippen LogP contribution is -2.18. The molecule has 0 aliphatic rings.